The summed E-state index contributed by atoms with van der Waals surface area (Å²) in [6, 6.07) is 19.6. The van der Waals surface area contributed by atoms with Crippen molar-refractivity contribution in [2.75, 3.05) is 4.90 Å². The number of amides is 1. The van der Waals surface area contributed by atoms with E-state index < -0.39 is 12.7 Å². The molecule has 1 aliphatic heterocycles. The predicted octanol–water partition coefficient (Wildman–Crippen LogP) is 6.85. The third-order valence-electron chi connectivity index (χ3n) is 4.83. The quantitative estimate of drug-likeness (QED) is 0.417. The average molecular weight is 461 g/mol. The van der Waals surface area contributed by atoms with Gasteiger partial charge in [-0.2, -0.15) is 8.78 Å². The van der Waals surface area contributed by atoms with Crippen molar-refractivity contribution in [3.63, 3.8) is 0 Å². The number of hydrogen-bond donors (Lipinski definition) is 0. The van der Waals surface area contributed by atoms with Gasteiger partial charge in [-0.25, -0.2) is 4.99 Å². The lowest BCUT2D eigenvalue weighted by molar-refractivity contribution is -0.112. The van der Waals surface area contributed by atoms with Crippen LogP contribution in [0.1, 0.15) is 18.0 Å². The van der Waals surface area contributed by atoms with Gasteiger partial charge in [0.2, 0.25) is 0 Å². The fraction of sp³-hybridized carbons (Fsp3) is 0.130. The van der Waals surface area contributed by atoms with Crippen LogP contribution in [0.2, 0.25) is 10.0 Å². The van der Waals surface area contributed by atoms with Crippen LogP contribution in [0.25, 0.3) is 0 Å². The number of carbonyl (C=O) groups is 1. The highest BCUT2D eigenvalue weighted by Gasteiger charge is 2.38. The normalized spacial score (nSPS) is 17.6. The molecule has 0 N–H and O–H groups in total. The molecule has 1 saturated heterocycles. The molecule has 3 aromatic rings. The van der Waals surface area contributed by atoms with Crippen LogP contribution in [-0.2, 0) is 4.79 Å². The van der Waals surface area contributed by atoms with E-state index in [1.165, 1.54) is 12.1 Å². The summed E-state index contributed by atoms with van der Waals surface area (Å²) in [5.74, 6) is -0.249. The van der Waals surface area contributed by atoms with Gasteiger partial charge in [0.25, 0.3) is 5.91 Å². The zero-order valence-corrected chi connectivity index (χ0v) is 17.5. The minimum Gasteiger partial charge on any atom is -0.435 e. The maximum absolute atomic E-state index is 13.3. The molecule has 0 spiro atoms. The van der Waals surface area contributed by atoms with Crippen molar-refractivity contribution >= 4 is 46.2 Å². The van der Waals surface area contributed by atoms with Gasteiger partial charge < -0.3 is 4.74 Å². The van der Waals surface area contributed by atoms with E-state index in [2.05, 4.69) is 9.73 Å². The van der Waals surface area contributed by atoms with Crippen LogP contribution in [-0.4, -0.2) is 18.2 Å². The van der Waals surface area contributed by atoms with Crippen molar-refractivity contribution in [2.45, 2.75) is 19.1 Å². The number of rotatable bonds is 5. The number of anilines is 1. The molecule has 4 nitrogen and oxygen atoms in total. The van der Waals surface area contributed by atoms with Crippen molar-refractivity contribution in [3.8, 4) is 5.75 Å². The van der Waals surface area contributed by atoms with Gasteiger partial charge in [-0.1, -0.05) is 35.3 Å². The molecule has 158 valence electrons. The summed E-state index contributed by atoms with van der Waals surface area (Å²) in [6.45, 7) is -2.94. The molecule has 0 radical (unpaired) electrons. The van der Waals surface area contributed by atoms with E-state index in [0.717, 1.165) is 0 Å². The number of carbonyl (C=O) groups excluding carboxylic acids is 1. The number of benzene rings is 3. The molecule has 3 aromatic carbocycles. The molecule has 31 heavy (non-hydrogen) atoms. The van der Waals surface area contributed by atoms with Crippen molar-refractivity contribution in [1.29, 1.82) is 0 Å². The number of alkyl halides is 2. The lowest BCUT2D eigenvalue weighted by atomic mass is 10.0. The lowest BCUT2D eigenvalue weighted by Gasteiger charge is -2.25. The van der Waals surface area contributed by atoms with Crippen LogP contribution in [0.3, 0.4) is 0 Å². The predicted molar refractivity (Wildman–Crippen MR) is 118 cm³/mol. The van der Waals surface area contributed by atoms with E-state index in [9.17, 15) is 13.6 Å². The Bertz CT molecular complexity index is 1120. The molecule has 1 fully saturated rings. The zero-order chi connectivity index (χ0) is 22.0. The second-order valence-electron chi connectivity index (χ2n) is 6.86. The summed E-state index contributed by atoms with van der Waals surface area (Å²) < 4.78 is 29.9. The molecule has 1 atom stereocenters. The summed E-state index contributed by atoms with van der Waals surface area (Å²) in [5, 5.41) is 1.10. The van der Waals surface area contributed by atoms with E-state index >= 15 is 0 Å². The Hall–Kier alpha value is -2.96. The third-order valence-corrected chi connectivity index (χ3v) is 5.33. The Balaban J connectivity index is 1.74. The second kappa shape index (κ2) is 9.04. The topological polar surface area (TPSA) is 41.9 Å². The fourth-order valence-electron chi connectivity index (χ4n) is 3.47. The summed E-state index contributed by atoms with van der Waals surface area (Å²) >= 11 is 11.9. The Morgan fingerprint density at radius 1 is 0.968 bits per heavy atom. The first-order valence-electron chi connectivity index (χ1n) is 9.38. The number of nitrogens with zero attached hydrogens (tertiary/aromatic N) is 2. The number of ether oxygens (including phenoxy) is 1. The van der Waals surface area contributed by atoms with Crippen molar-refractivity contribution in [1.82, 2.24) is 0 Å². The maximum atomic E-state index is 13.3. The minimum atomic E-state index is -2.94. The molecule has 4 rings (SSSR count). The molecular weight excluding hydrogens is 445 g/mol. The second-order valence-corrected chi connectivity index (χ2v) is 7.73. The fourth-order valence-corrected chi connectivity index (χ4v) is 3.72. The Morgan fingerprint density at radius 2 is 1.61 bits per heavy atom. The van der Waals surface area contributed by atoms with Gasteiger partial charge in [-0.05, 0) is 66.2 Å². The van der Waals surface area contributed by atoms with Gasteiger partial charge in [0.05, 0.1) is 11.7 Å². The molecule has 0 bridgehead atoms. The molecule has 0 aromatic heterocycles. The monoisotopic (exact) mass is 460 g/mol. The Morgan fingerprint density at radius 3 is 2.26 bits per heavy atom. The van der Waals surface area contributed by atoms with Crippen molar-refractivity contribution < 1.29 is 18.3 Å². The highest BCUT2D eigenvalue weighted by Crippen LogP contribution is 2.38. The third kappa shape index (κ3) is 4.86. The van der Waals surface area contributed by atoms with E-state index in [1.54, 1.807) is 65.6 Å². The van der Waals surface area contributed by atoms with Gasteiger partial charge in [0, 0.05) is 22.2 Å². The molecular formula is C23H16Cl2F2N2O2. The highest BCUT2D eigenvalue weighted by atomic mass is 35.5. The van der Waals surface area contributed by atoms with Gasteiger partial charge >= 0.3 is 6.61 Å². The number of aliphatic imine (C=N–C) groups is 1. The summed E-state index contributed by atoms with van der Waals surface area (Å²) in [6.07, 6.45) is 0.294. The number of hydrogen-bond acceptors (Lipinski definition) is 3. The zero-order valence-electron chi connectivity index (χ0n) is 16.0. The first-order chi connectivity index (χ1) is 14.9. The molecule has 0 aliphatic carbocycles. The highest BCUT2D eigenvalue weighted by molar-refractivity contribution is 6.46. The van der Waals surface area contributed by atoms with Gasteiger partial charge in [0.15, 0.2) is 0 Å². The van der Waals surface area contributed by atoms with Crippen LogP contribution in [0.15, 0.2) is 77.8 Å². The van der Waals surface area contributed by atoms with Crippen LogP contribution in [0.4, 0.5) is 20.2 Å². The SMILES string of the molecule is O=C1C(=Nc2ccc(Cl)cc2)CC(c2cccc(OC(F)F)c2)N1c1ccc(Cl)cc1. The molecule has 1 aliphatic rings. The van der Waals surface area contributed by atoms with E-state index in [-0.39, 0.29) is 11.7 Å². The van der Waals surface area contributed by atoms with Crippen LogP contribution in [0.5, 0.6) is 5.75 Å². The average Bonchev–Trinajstić information content (AvgIpc) is 3.06. The van der Waals surface area contributed by atoms with E-state index in [1.807, 2.05) is 0 Å². The van der Waals surface area contributed by atoms with Gasteiger partial charge in [-0.15, -0.1) is 0 Å². The number of halogens is 4. The smallest absolute Gasteiger partial charge is 0.387 e. The Kier molecular flexibility index (Phi) is 6.20. The van der Waals surface area contributed by atoms with Crippen LogP contribution >= 0.6 is 23.2 Å². The summed E-state index contributed by atoms with van der Waals surface area (Å²) in [5.41, 5.74) is 2.23. The molecule has 1 amide bonds. The lowest BCUT2D eigenvalue weighted by Crippen LogP contribution is -2.29. The van der Waals surface area contributed by atoms with Crippen LogP contribution < -0.4 is 9.64 Å². The van der Waals surface area contributed by atoms with Crippen molar-refractivity contribution in [2.24, 2.45) is 4.99 Å². The molecule has 0 saturated carbocycles. The molecule has 8 heteroatoms. The van der Waals surface area contributed by atoms with Crippen LogP contribution in [0, 0.1) is 0 Å². The summed E-state index contributed by atoms with van der Waals surface area (Å²) in [7, 11) is 0. The van der Waals surface area contributed by atoms with E-state index in [4.69, 9.17) is 23.2 Å². The first-order valence-corrected chi connectivity index (χ1v) is 10.1. The van der Waals surface area contributed by atoms with Crippen molar-refractivity contribution in [3.05, 3.63) is 88.4 Å². The Labute approximate surface area is 187 Å². The van der Waals surface area contributed by atoms with Gasteiger partial charge in [-0.3, -0.25) is 9.69 Å². The van der Waals surface area contributed by atoms with E-state index in [0.29, 0.717) is 39.1 Å². The summed E-state index contributed by atoms with van der Waals surface area (Å²) in [4.78, 5) is 19.4. The molecule has 1 heterocycles. The first kappa shape index (κ1) is 21.3. The minimum absolute atomic E-state index is 0.0269. The largest absolute Gasteiger partial charge is 0.435 e. The molecule has 1 unspecified atom stereocenters. The maximum Gasteiger partial charge on any atom is 0.387 e. The van der Waals surface area contributed by atoms with Gasteiger partial charge in [0.1, 0.15) is 11.5 Å². The standard InChI is InChI=1S/C23H16Cl2F2N2O2/c24-15-4-8-17(9-5-15)28-20-13-21(14-2-1-3-19(12-14)31-23(26)27)29(22(20)30)18-10-6-16(25)7-11-18/h1-12,21,23H,13H2.